The van der Waals surface area contributed by atoms with Crippen LogP contribution in [0.3, 0.4) is 0 Å². The summed E-state index contributed by atoms with van der Waals surface area (Å²) in [5.74, 6) is 1.85. The van der Waals surface area contributed by atoms with Crippen LogP contribution in [-0.2, 0) is 16.2 Å². The van der Waals surface area contributed by atoms with Crippen LogP contribution in [0.25, 0.3) is 45.3 Å². The molecule has 0 unspecified atom stereocenters. The minimum Gasteiger partial charge on any atom is -0.311 e. The number of hydrogen-bond donors (Lipinski definition) is 0. The highest BCUT2D eigenvalue weighted by atomic mass is 15.2. The van der Waals surface area contributed by atoms with Crippen molar-refractivity contribution in [1.29, 1.82) is 0 Å². The van der Waals surface area contributed by atoms with Crippen molar-refractivity contribution in [3.05, 3.63) is 507 Å². The average molecular weight is 1780 g/mol. The second-order valence-corrected chi connectivity index (χ2v) is 39.5. The Balaban J connectivity index is 0.635. The normalized spacial score (nSPS) is 13.6. The van der Waals surface area contributed by atoms with Gasteiger partial charge < -0.3 is 24.5 Å². The van der Waals surface area contributed by atoms with Gasteiger partial charge in [0.05, 0.1) is 22.7 Å². The van der Waals surface area contributed by atoms with Crippen molar-refractivity contribution in [2.24, 2.45) is 0 Å². The summed E-state index contributed by atoms with van der Waals surface area (Å²) < 4.78 is 0. The van der Waals surface area contributed by atoms with Crippen molar-refractivity contribution in [3.63, 3.8) is 0 Å². The number of rotatable bonds is 19. The van der Waals surface area contributed by atoms with E-state index >= 15 is 0 Å². The summed E-state index contributed by atoms with van der Waals surface area (Å²) in [4.78, 5) is 28.4. The van der Waals surface area contributed by atoms with E-state index in [1.54, 1.807) is 0 Å². The topological polar surface area (TPSA) is 54.9 Å². The van der Waals surface area contributed by atoms with E-state index in [4.69, 9.17) is 15.0 Å². The number of para-hydroxylation sites is 7. The van der Waals surface area contributed by atoms with Crippen LogP contribution in [0, 0.1) is 55.4 Å². The molecule has 3 aliphatic rings. The molecule has 1 aliphatic carbocycles. The minimum absolute atomic E-state index is 0.0587. The molecule has 3 heterocycles. The molecule has 0 saturated heterocycles. The maximum absolute atomic E-state index is 5.47. The fourth-order valence-electron chi connectivity index (χ4n) is 23.4. The van der Waals surface area contributed by atoms with Crippen LogP contribution >= 0.6 is 0 Å². The Kier molecular flexibility index (Phi) is 22.2. The number of anilines is 15. The Labute approximate surface area is 813 Å². The lowest BCUT2D eigenvalue weighted by atomic mass is 9.32. The zero-order valence-electron chi connectivity index (χ0n) is 81.0. The van der Waals surface area contributed by atoms with E-state index in [0.717, 1.165) is 90.6 Å². The predicted molar refractivity (Wildman–Crippen MR) is 581 cm³/mol. The Morgan fingerprint density at radius 2 is 0.529 bits per heavy atom. The van der Waals surface area contributed by atoms with Crippen molar-refractivity contribution in [3.8, 4) is 45.3 Å². The number of fused-ring (bicyclic) bond motifs is 6. The molecule has 0 spiro atoms. The summed E-state index contributed by atoms with van der Waals surface area (Å²) >= 11 is 0. The Bertz CT molecular complexity index is 7350. The molecule has 0 radical (unpaired) electrons. The van der Waals surface area contributed by atoms with E-state index in [1.165, 1.54) is 133 Å². The summed E-state index contributed by atoms with van der Waals surface area (Å²) in [5, 5.41) is 0. The van der Waals surface area contributed by atoms with Gasteiger partial charge in [0.1, 0.15) is 0 Å². The van der Waals surface area contributed by atoms with Gasteiger partial charge in [-0.25, -0.2) is 15.0 Å². The zero-order valence-corrected chi connectivity index (χ0v) is 81.0. The molecule has 1 aromatic heterocycles. The van der Waals surface area contributed by atoms with Crippen LogP contribution in [0.15, 0.2) is 413 Å². The van der Waals surface area contributed by atoms with Gasteiger partial charge in [-0.15, -0.1) is 0 Å². The summed E-state index contributed by atoms with van der Waals surface area (Å²) in [6, 6.07) is 152. The number of aryl methyl sites for hydroxylation is 7. The monoisotopic (exact) mass is 1780 g/mol. The molecule has 670 valence electrons. The smallest absolute Gasteiger partial charge is 0.243 e. The second-order valence-electron chi connectivity index (χ2n) is 39.5. The summed E-state index contributed by atoms with van der Waals surface area (Å²) in [6.07, 6.45) is 0. The quantitative estimate of drug-likeness (QED) is 0.0743. The first kappa shape index (κ1) is 87.4. The molecule has 9 heteroatoms. The van der Waals surface area contributed by atoms with Crippen LogP contribution in [0.4, 0.5) is 85.3 Å². The standard InChI is InChI=1S/C129H111BN8/c1-83-77-85(3)121(86(4)78-83)130(122-88(6)80-106(81-89(122)7)136(102-72-68-100(69-73-102)134(96-37-19-15-20-38-96)97-39-21-16-22-40-97)103-74-70-101(71-75-103)135(98-41-23-17-24-42-98)99-43-25-18-26-44-99)123-87(5)79-84(2)119(90(123)8)95-63-76-118-114(82-95)129(13,14)113-51-33-36-54-117(113)138(118)105-66-61-94(62-67-105)126-132-124(92-57-55-91(56-58-92)120-107-45-27-29-47-109(107)127(9,10)110-48-30-28-46-108(110)120)131-125(133-126)93-59-64-104(65-60-93)137-115-52-34-31-49-111(115)128(11,12)112-50-32-35-53-116(112)137/h15-82,120H,1-14H3. The third kappa shape index (κ3) is 15.2. The lowest BCUT2D eigenvalue weighted by Gasteiger charge is -2.42. The summed E-state index contributed by atoms with van der Waals surface area (Å²) in [6.45, 7) is 32.7. The molecule has 2 aliphatic heterocycles. The second kappa shape index (κ2) is 35.1. The Morgan fingerprint density at radius 3 is 0.913 bits per heavy atom. The first-order valence-corrected chi connectivity index (χ1v) is 48.4. The van der Waals surface area contributed by atoms with Crippen LogP contribution in [0.2, 0.25) is 0 Å². The van der Waals surface area contributed by atoms with Crippen molar-refractivity contribution >= 4 is 108 Å². The van der Waals surface area contributed by atoms with Crippen LogP contribution < -0.4 is 40.9 Å². The maximum atomic E-state index is 5.47. The maximum Gasteiger partial charge on any atom is 0.243 e. The number of aromatic nitrogens is 3. The van der Waals surface area contributed by atoms with Crippen molar-refractivity contribution in [1.82, 2.24) is 15.0 Å². The van der Waals surface area contributed by atoms with Gasteiger partial charge in [0.2, 0.25) is 6.71 Å². The molecular weight excluding hydrogens is 1670 g/mol. The highest BCUT2D eigenvalue weighted by Gasteiger charge is 2.42. The SMILES string of the molecule is Cc1cc(C)c(B(c2c(C)cc(N(c3ccc(N(c4ccccc4)c4ccccc4)cc3)c3ccc(N(c4ccccc4)c4ccccc4)cc3)cc2C)c2c(C)cc(C)c(-c3ccc4c(c3)C(C)(C)c3ccccc3N4c3ccc(-c4nc(-c5ccc(C6c7ccccc7C(C)(C)c7ccccc76)cc5)nc(-c5ccc(N6c7ccccc7C(C)(C)c7ccccc76)cc5)n4)cc3)c2C)c(C)c1. The van der Waals surface area contributed by atoms with E-state index in [1.807, 2.05) is 0 Å². The number of hydrogen-bond acceptors (Lipinski definition) is 8. The molecule has 22 rings (SSSR count). The van der Waals surface area contributed by atoms with Gasteiger partial charge in [-0.05, 0) is 316 Å². The lowest BCUT2D eigenvalue weighted by molar-refractivity contribution is 0.597. The summed E-state index contributed by atoms with van der Waals surface area (Å²) in [7, 11) is 0. The number of nitrogens with zero attached hydrogens (tertiary/aromatic N) is 8. The molecule has 138 heavy (non-hydrogen) atoms. The molecule has 0 amide bonds. The highest BCUT2D eigenvalue weighted by Crippen LogP contribution is 2.57. The third-order valence-electron chi connectivity index (χ3n) is 29.7. The molecule has 0 N–H and O–H groups in total. The van der Waals surface area contributed by atoms with Gasteiger partial charge in [0.15, 0.2) is 17.5 Å². The van der Waals surface area contributed by atoms with Gasteiger partial charge in [0, 0.05) is 101 Å². The van der Waals surface area contributed by atoms with Gasteiger partial charge in [-0.3, -0.25) is 0 Å². The van der Waals surface area contributed by atoms with Crippen molar-refractivity contribution in [2.75, 3.05) is 24.5 Å². The molecule has 0 atom stereocenters. The van der Waals surface area contributed by atoms with E-state index in [9.17, 15) is 0 Å². The van der Waals surface area contributed by atoms with E-state index in [-0.39, 0.29) is 23.5 Å². The largest absolute Gasteiger partial charge is 0.311 e. The third-order valence-corrected chi connectivity index (χ3v) is 29.7. The molecule has 0 bridgehead atoms. The minimum atomic E-state index is -0.397. The Morgan fingerprint density at radius 1 is 0.239 bits per heavy atom. The van der Waals surface area contributed by atoms with E-state index < -0.39 is 5.41 Å². The Hall–Kier alpha value is -16.0. The molecule has 0 saturated carbocycles. The first-order valence-electron chi connectivity index (χ1n) is 48.4. The van der Waals surface area contributed by atoms with Crippen LogP contribution in [-0.4, -0.2) is 21.7 Å². The molecule has 0 fully saturated rings. The number of benzene rings is 18. The first-order chi connectivity index (χ1) is 67.0. The highest BCUT2D eigenvalue weighted by molar-refractivity contribution is 6.97. The van der Waals surface area contributed by atoms with E-state index in [0.29, 0.717) is 17.5 Å². The fourth-order valence-corrected chi connectivity index (χ4v) is 23.4. The van der Waals surface area contributed by atoms with E-state index in [2.05, 4.69) is 534 Å². The predicted octanol–water partition coefficient (Wildman–Crippen LogP) is 32.0. The van der Waals surface area contributed by atoms with Gasteiger partial charge in [0.25, 0.3) is 0 Å². The van der Waals surface area contributed by atoms with Crippen LogP contribution in [0.5, 0.6) is 0 Å². The molecule has 8 nitrogen and oxygen atoms in total. The molecular formula is C129H111BN8. The molecule has 18 aromatic carbocycles. The average Bonchev–Trinajstić information content (AvgIpc) is 0.718. The van der Waals surface area contributed by atoms with Crippen LogP contribution in [0.1, 0.15) is 142 Å². The van der Waals surface area contributed by atoms with Crippen molar-refractivity contribution in [2.45, 2.75) is 119 Å². The fraction of sp³-hybridized carbons (Fsp3) is 0.140. The van der Waals surface area contributed by atoms with Gasteiger partial charge in [-0.1, -0.05) is 316 Å². The zero-order chi connectivity index (χ0) is 94.6. The molecule has 19 aromatic rings. The lowest BCUT2D eigenvalue weighted by Crippen LogP contribution is -2.57. The van der Waals surface area contributed by atoms with Crippen molar-refractivity contribution < 1.29 is 0 Å². The van der Waals surface area contributed by atoms with Gasteiger partial charge >= 0.3 is 0 Å². The van der Waals surface area contributed by atoms with Gasteiger partial charge in [-0.2, -0.15) is 0 Å². The summed E-state index contributed by atoms with van der Waals surface area (Å²) in [5.41, 5.74) is 46.5.